The third-order valence-electron chi connectivity index (χ3n) is 1.77. The van der Waals surface area contributed by atoms with Crippen LogP contribution in [0.15, 0.2) is 11.9 Å². The van der Waals surface area contributed by atoms with Crippen LogP contribution in [0.4, 0.5) is 0 Å². The number of nitrogens with two attached hydrogens (primary N) is 2. The summed E-state index contributed by atoms with van der Waals surface area (Å²) in [5, 5.41) is 1.62. The van der Waals surface area contributed by atoms with Crippen LogP contribution in [-0.4, -0.2) is 23.8 Å². The fourth-order valence-corrected chi connectivity index (χ4v) is 0.955. The van der Waals surface area contributed by atoms with Gasteiger partial charge in [-0.3, -0.25) is 0 Å². The van der Waals surface area contributed by atoms with Crippen LogP contribution in [-0.2, 0) is 4.74 Å². The topological polar surface area (TPSA) is 64.5 Å². The van der Waals surface area contributed by atoms with Gasteiger partial charge in [0.2, 0.25) is 0 Å². The molecule has 0 amide bonds. The van der Waals surface area contributed by atoms with Crippen molar-refractivity contribution in [1.82, 2.24) is 5.01 Å². The number of hydrogen-bond acceptors (Lipinski definition) is 4. The minimum atomic E-state index is -0.165. The number of hydrogen-bond donors (Lipinski definition) is 2. The Morgan fingerprint density at radius 1 is 1.40 bits per heavy atom. The molecule has 0 saturated heterocycles. The Morgan fingerprint density at radius 3 is 2.47 bits per heavy atom. The third kappa shape index (κ3) is 9.56. The Hall–Kier alpha value is -0.740. The second-order valence-corrected chi connectivity index (χ2v) is 4.70. The Balaban J connectivity index is 3.86. The van der Waals surface area contributed by atoms with Crippen molar-refractivity contribution < 1.29 is 4.74 Å². The van der Waals surface area contributed by atoms with Crippen molar-refractivity contribution in [2.45, 2.75) is 46.1 Å². The fraction of sp³-hybridized carbons (Fsp3) is 0.818. The number of nitrogens with zero attached hydrogens (tertiary/aromatic N) is 1. The third-order valence-corrected chi connectivity index (χ3v) is 1.77. The lowest BCUT2D eigenvalue weighted by molar-refractivity contribution is 0.0101. The first kappa shape index (κ1) is 14.3. The molecule has 4 N–H and O–H groups in total. The van der Waals surface area contributed by atoms with Gasteiger partial charge >= 0.3 is 0 Å². The van der Waals surface area contributed by atoms with Crippen LogP contribution >= 0.6 is 0 Å². The van der Waals surface area contributed by atoms with Gasteiger partial charge in [0, 0.05) is 12.7 Å². The summed E-state index contributed by atoms with van der Waals surface area (Å²) in [6.07, 6.45) is 3.93. The molecule has 0 unspecified atom stereocenters. The summed E-state index contributed by atoms with van der Waals surface area (Å²) in [4.78, 5) is 0. The molecule has 15 heavy (non-hydrogen) atoms. The van der Waals surface area contributed by atoms with Crippen molar-refractivity contribution >= 4 is 0 Å². The number of unbranched alkanes of at least 4 members (excludes halogenated alkanes) is 1. The molecule has 0 aromatic rings. The van der Waals surface area contributed by atoms with Crippen LogP contribution < -0.4 is 11.6 Å². The molecule has 0 aliphatic heterocycles. The largest absolute Gasteiger partial charge is 0.399 e. The Labute approximate surface area is 93.2 Å². The molecule has 0 rings (SSSR count). The van der Waals surface area contributed by atoms with Crippen LogP contribution in [0, 0.1) is 0 Å². The van der Waals surface area contributed by atoms with Crippen LogP contribution in [0.25, 0.3) is 0 Å². The molecule has 0 aliphatic carbocycles. The minimum Gasteiger partial charge on any atom is -0.399 e. The van der Waals surface area contributed by atoms with Crippen molar-refractivity contribution in [2.75, 3.05) is 13.2 Å². The van der Waals surface area contributed by atoms with E-state index in [1.54, 1.807) is 11.2 Å². The lowest BCUT2D eigenvalue weighted by Gasteiger charge is -2.20. The molecule has 0 spiro atoms. The standard InChI is InChI=1S/C11H25N3O/c1-5-6-7-14(13)8-10(12)9-15-11(2,3)4/h8H,5-7,9,12-13H2,1-4H3/b10-8-. The predicted molar refractivity (Wildman–Crippen MR) is 63.8 cm³/mol. The van der Waals surface area contributed by atoms with E-state index in [0.717, 1.165) is 19.4 Å². The van der Waals surface area contributed by atoms with Crippen molar-refractivity contribution in [1.29, 1.82) is 0 Å². The van der Waals surface area contributed by atoms with E-state index < -0.39 is 0 Å². The molecule has 0 radical (unpaired) electrons. The Bertz CT molecular complexity index is 196. The lowest BCUT2D eigenvalue weighted by Crippen LogP contribution is -2.29. The van der Waals surface area contributed by atoms with E-state index in [1.807, 2.05) is 20.8 Å². The molecule has 0 fully saturated rings. The molecular weight excluding hydrogens is 190 g/mol. The fourth-order valence-electron chi connectivity index (χ4n) is 0.955. The van der Waals surface area contributed by atoms with E-state index in [9.17, 15) is 0 Å². The monoisotopic (exact) mass is 215 g/mol. The summed E-state index contributed by atoms with van der Waals surface area (Å²) in [6, 6.07) is 0. The van der Waals surface area contributed by atoms with Gasteiger partial charge < -0.3 is 15.5 Å². The maximum absolute atomic E-state index is 5.77. The van der Waals surface area contributed by atoms with Crippen LogP contribution in [0.1, 0.15) is 40.5 Å². The van der Waals surface area contributed by atoms with Crippen LogP contribution in [0.2, 0.25) is 0 Å². The highest BCUT2D eigenvalue weighted by Crippen LogP contribution is 2.07. The zero-order valence-electron chi connectivity index (χ0n) is 10.4. The number of ether oxygens (including phenoxy) is 1. The summed E-state index contributed by atoms with van der Waals surface area (Å²) in [5.74, 6) is 5.72. The van der Waals surface area contributed by atoms with Gasteiger partial charge in [-0.05, 0) is 27.2 Å². The zero-order valence-corrected chi connectivity index (χ0v) is 10.4. The first-order chi connectivity index (χ1) is 6.85. The van der Waals surface area contributed by atoms with Gasteiger partial charge in [0.25, 0.3) is 0 Å². The first-order valence-electron chi connectivity index (χ1n) is 5.46. The van der Waals surface area contributed by atoms with E-state index >= 15 is 0 Å². The molecule has 0 atom stereocenters. The summed E-state index contributed by atoms with van der Waals surface area (Å²) in [6.45, 7) is 9.37. The molecule has 4 nitrogen and oxygen atoms in total. The predicted octanol–water partition coefficient (Wildman–Crippen LogP) is 1.58. The minimum absolute atomic E-state index is 0.165. The number of hydrazine groups is 1. The normalized spacial score (nSPS) is 13.0. The summed E-state index contributed by atoms with van der Waals surface area (Å²) in [5.41, 5.74) is 6.26. The van der Waals surface area contributed by atoms with Gasteiger partial charge in [0.05, 0.1) is 17.9 Å². The molecule has 0 aromatic carbocycles. The van der Waals surface area contributed by atoms with E-state index in [4.69, 9.17) is 16.3 Å². The molecule has 0 saturated carbocycles. The van der Waals surface area contributed by atoms with Gasteiger partial charge in [0.15, 0.2) is 0 Å². The SMILES string of the molecule is CCCCN(N)/C=C(\N)COC(C)(C)C. The second-order valence-electron chi connectivity index (χ2n) is 4.70. The molecule has 0 aliphatic rings. The summed E-state index contributed by atoms with van der Waals surface area (Å²) < 4.78 is 5.52. The highest BCUT2D eigenvalue weighted by atomic mass is 16.5. The molecule has 0 bridgehead atoms. The van der Waals surface area contributed by atoms with Crippen molar-refractivity contribution in [3.8, 4) is 0 Å². The summed E-state index contributed by atoms with van der Waals surface area (Å²) >= 11 is 0. The van der Waals surface area contributed by atoms with Crippen molar-refractivity contribution in [2.24, 2.45) is 11.6 Å². The molecule has 90 valence electrons. The van der Waals surface area contributed by atoms with E-state index in [1.165, 1.54) is 0 Å². The number of rotatable bonds is 6. The van der Waals surface area contributed by atoms with Gasteiger partial charge in [-0.1, -0.05) is 13.3 Å². The van der Waals surface area contributed by atoms with Gasteiger partial charge in [-0.2, -0.15) is 0 Å². The van der Waals surface area contributed by atoms with E-state index in [0.29, 0.717) is 12.3 Å². The zero-order chi connectivity index (χ0) is 11.9. The van der Waals surface area contributed by atoms with Gasteiger partial charge in [-0.15, -0.1) is 0 Å². The van der Waals surface area contributed by atoms with Gasteiger partial charge in [-0.25, -0.2) is 5.84 Å². The smallest absolute Gasteiger partial charge is 0.0882 e. The van der Waals surface area contributed by atoms with Crippen molar-refractivity contribution in [3.63, 3.8) is 0 Å². The van der Waals surface area contributed by atoms with E-state index in [2.05, 4.69) is 6.92 Å². The van der Waals surface area contributed by atoms with Crippen molar-refractivity contribution in [3.05, 3.63) is 11.9 Å². The molecule has 0 heterocycles. The molecule has 4 heteroatoms. The van der Waals surface area contributed by atoms with E-state index in [-0.39, 0.29) is 5.60 Å². The lowest BCUT2D eigenvalue weighted by atomic mass is 10.2. The van der Waals surface area contributed by atoms with Crippen LogP contribution in [0.3, 0.4) is 0 Å². The molecule has 0 aromatic heterocycles. The maximum Gasteiger partial charge on any atom is 0.0882 e. The quantitative estimate of drug-likeness (QED) is 0.521. The maximum atomic E-state index is 5.77. The highest BCUT2D eigenvalue weighted by Gasteiger charge is 2.10. The average molecular weight is 215 g/mol. The molecular formula is C11H25N3O. The Morgan fingerprint density at radius 2 is 2.00 bits per heavy atom. The Kier molecular flexibility index (Phi) is 6.36. The summed E-state index contributed by atoms with van der Waals surface area (Å²) in [7, 11) is 0. The first-order valence-corrected chi connectivity index (χ1v) is 5.46. The highest BCUT2D eigenvalue weighted by molar-refractivity contribution is 4.95. The average Bonchev–Trinajstić information content (AvgIpc) is 2.10. The van der Waals surface area contributed by atoms with Gasteiger partial charge in [0.1, 0.15) is 0 Å². The second kappa shape index (κ2) is 6.69. The van der Waals surface area contributed by atoms with Crippen LogP contribution in [0.5, 0.6) is 0 Å².